The number of carbonyl (C=O) groups excluding carboxylic acids is 1. The minimum absolute atomic E-state index is 0.0795. The van der Waals surface area contributed by atoms with Crippen LogP contribution in [0.25, 0.3) is 10.9 Å². The van der Waals surface area contributed by atoms with E-state index in [1.54, 1.807) is 6.07 Å². The number of carbonyl (C=O) groups is 1. The van der Waals surface area contributed by atoms with E-state index in [1.165, 1.54) is 12.3 Å². The smallest absolute Gasteiger partial charge is 0.251 e. The van der Waals surface area contributed by atoms with Gasteiger partial charge in [0.25, 0.3) is 5.91 Å². The fourth-order valence-electron chi connectivity index (χ4n) is 1.35. The molecule has 82 valence electrons. The summed E-state index contributed by atoms with van der Waals surface area (Å²) in [6, 6.07) is 3.07. The van der Waals surface area contributed by atoms with Crippen LogP contribution in [0.1, 0.15) is 10.4 Å². The molecule has 2 aromatic rings. The zero-order valence-corrected chi connectivity index (χ0v) is 10.1. The number of hydrogen-bond acceptors (Lipinski definition) is 2. The molecule has 6 heteroatoms. The summed E-state index contributed by atoms with van der Waals surface area (Å²) < 4.78 is 13.9. The summed E-state index contributed by atoms with van der Waals surface area (Å²) in [4.78, 5) is 14.8. The first-order chi connectivity index (χ1) is 7.52. The summed E-state index contributed by atoms with van der Waals surface area (Å²) >= 11 is 8.98. The highest BCUT2D eigenvalue weighted by Crippen LogP contribution is 2.30. The van der Waals surface area contributed by atoms with Gasteiger partial charge in [-0.1, -0.05) is 11.6 Å². The Balaban J connectivity index is 2.87. The number of aromatic nitrogens is 1. The molecule has 0 unspecified atom stereocenters. The van der Waals surface area contributed by atoms with Gasteiger partial charge in [-0.25, -0.2) is 4.39 Å². The fourth-order valence-corrected chi connectivity index (χ4v) is 1.96. The van der Waals surface area contributed by atoms with Crippen molar-refractivity contribution in [2.24, 2.45) is 5.73 Å². The second-order valence-corrected chi connectivity index (χ2v) is 4.34. The van der Waals surface area contributed by atoms with Crippen LogP contribution in [-0.4, -0.2) is 10.9 Å². The Morgan fingerprint density at radius 3 is 2.81 bits per heavy atom. The van der Waals surface area contributed by atoms with Crippen LogP contribution >= 0.6 is 27.5 Å². The first-order valence-electron chi connectivity index (χ1n) is 4.24. The molecule has 0 fully saturated rings. The lowest BCUT2D eigenvalue weighted by molar-refractivity contribution is 0.100. The Morgan fingerprint density at radius 2 is 2.19 bits per heavy atom. The van der Waals surface area contributed by atoms with Crippen molar-refractivity contribution in [3.63, 3.8) is 0 Å². The van der Waals surface area contributed by atoms with Gasteiger partial charge >= 0.3 is 0 Å². The van der Waals surface area contributed by atoms with Crippen LogP contribution in [0.15, 0.2) is 22.8 Å². The van der Waals surface area contributed by atoms with Crippen molar-refractivity contribution in [2.45, 2.75) is 0 Å². The van der Waals surface area contributed by atoms with Gasteiger partial charge in [0.1, 0.15) is 5.52 Å². The van der Waals surface area contributed by atoms with E-state index in [-0.39, 0.29) is 20.6 Å². The second-order valence-electron chi connectivity index (χ2n) is 3.11. The third-order valence-corrected chi connectivity index (χ3v) is 3.15. The standard InChI is InChI=1S/C10H5BrClFN2O/c11-6-2-1-4-7(12)5(10(14)16)3-15-9(4)8(6)13/h1-3H,(H2,14,16). The van der Waals surface area contributed by atoms with E-state index in [1.807, 2.05) is 0 Å². The molecule has 0 bridgehead atoms. The van der Waals surface area contributed by atoms with Gasteiger partial charge in [-0.3, -0.25) is 9.78 Å². The number of rotatable bonds is 1. The summed E-state index contributed by atoms with van der Waals surface area (Å²) in [6.45, 7) is 0. The number of nitrogens with two attached hydrogens (primary N) is 1. The molecular formula is C10H5BrClFN2O. The maximum absolute atomic E-state index is 13.6. The molecule has 2 rings (SSSR count). The normalized spacial score (nSPS) is 10.7. The van der Waals surface area contributed by atoms with Gasteiger partial charge in [-0.05, 0) is 28.1 Å². The first-order valence-corrected chi connectivity index (χ1v) is 5.41. The van der Waals surface area contributed by atoms with Crippen LogP contribution < -0.4 is 5.73 Å². The van der Waals surface area contributed by atoms with Crippen LogP contribution in [-0.2, 0) is 0 Å². The third-order valence-electron chi connectivity index (χ3n) is 2.13. The van der Waals surface area contributed by atoms with E-state index in [9.17, 15) is 9.18 Å². The first kappa shape index (κ1) is 11.3. The van der Waals surface area contributed by atoms with E-state index < -0.39 is 11.7 Å². The number of primary amides is 1. The number of pyridine rings is 1. The number of nitrogens with zero attached hydrogens (tertiary/aromatic N) is 1. The summed E-state index contributed by atoms with van der Waals surface area (Å²) in [5, 5.41) is 0.475. The van der Waals surface area contributed by atoms with E-state index in [2.05, 4.69) is 20.9 Å². The summed E-state index contributed by atoms with van der Waals surface area (Å²) in [5.74, 6) is -1.21. The number of benzene rings is 1. The highest BCUT2D eigenvalue weighted by Gasteiger charge is 2.14. The molecule has 0 radical (unpaired) electrons. The van der Waals surface area contributed by atoms with Crippen LogP contribution in [0.3, 0.4) is 0 Å². The molecule has 1 heterocycles. The molecule has 0 aliphatic heterocycles. The Kier molecular flexibility index (Phi) is 2.82. The molecule has 0 saturated carbocycles. The summed E-state index contributed by atoms with van der Waals surface area (Å²) in [6.07, 6.45) is 1.17. The van der Waals surface area contributed by atoms with Crippen molar-refractivity contribution in [2.75, 3.05) is 0 Å². The molecule has 0 saturated heterocycles. The summed E-state index contributed by atoms with van der Waals surface area (Å²) in [7, 11) is 0. The lowest BCUT2D eigenvalue weighted by atomic mass is 10.1. The van der Waals surface area contributed by atoms with Crippen molar-refractivity contribution in [3.05, 3.63) is 39.2 Å². The zero-order chi connectivity index (χ0) is 11.9. The quantitative estimate of drug-likeness (QED) is 0.880. The minimum Gasteiger partial charge on any atom is -0.366 e. The van der Waals surface area contributed by atoms with Crippen molar-refractivity contribution >= 4 is 44.3 Å². The molecule has 1 amide bonds. The Hall–Kier alpha value is -1.20. The van der Waals surface area contributed by atoms with Gasteiger partial charge in [0.15, 0.2) is 5.82 Å². The van der Waals surface area contributed by atoms with E-state index in [4.69, 9.17) is 17.3 Å². The van der Waals surface area contributed by atoms with Crippen molar-refractivity contribution in [1.29, 1.82) is 0 Å². The Labute approximate surface area is 104 Å². The number of amides is 1. The van der Waals surface area contributed by atoms with E-state index in [0.717, 1.165) is 0 Å². The SMILES string of the molecule is NC(=O)c1cnc2c(F)c(Br)ccc2c1Cl. The highest BCUT2D eigenvalue weighted by molar-refractivity contribution is 9.10. The largest absolute Gasteiger partial charge is 0.366 e. The molecule has 2 N–H and O–H groups in total. The lowest BCUT2D eigenvalue weighted by Gasteiger charge is -2.05. The molecule has 16 heavy (non-hydrogen) atoms. The Bertz CT molecular complexity index is 603. The van der Waals surface area contributed by atoms with Gasteiger partial charge in [0, 0.05) is 11.6 Å². The van der Waals surface area contributed by atoms with Crippen LogP contribution in [0.4, 0.5) is 4.39 Å². The van der Waals surface area contributed by atoms with Crippen LogP contribution in [0, 0.1) is 5.82 Å². The fraction of sp³-hybridized carbons (Fsp3) is 0. The van der Waals surface area contributed by atoms with Gasteiger partial charge < -0.3 is 5.73 Å². The van der Waals surface area contributed by atoms with E-state index >= 15 is 0 Å². The molecule has 0 aliphatic rings. The van der Waals surface area contributed by atoms with Crippen molar-refractivity contribution in [3.8, 4) is 0 Å². The number of halogens is 3. The van der Waals surface area contributed by atoms with Gasteiger partial charge in [0.05, 0.1) is 15.1 Å². The zero-order valence-electron chi connectivity index (χ0n) is 7.80. The summed E-state index contributed by atoms with van der Waals surface area (Å²) in [5.41, 5.74) is 5.29. The number of hydrogen-bond donors (Lipinski definition) is 1. The molecule has 1 aromatic carbocycles. The van der Waals surface area contributed by atoms with Gasteiger partial charge in [0.2, 0.25) is 0 Å². The second kappa shape index (κ2) is 3.99. The predicted molar refractivity (Wildman–Crippen MR) is 62.9 cm³/mol. The van der Waals surface area contributed by atoms with Crippen molar-refractivity contribution in [1.82, 2.24) is 4.98 Å². The molecule has 0 aliphatic carbocycles. The number of fused-ring (bicyclic) bond motifs is 1. The average molecular weight is 304 g/mol. The van der Waals surface area contributed by atoms with Gasteiger partial charge in [-0.15, -0.1) is 0 Å². The predicted octanol–water partition coefficient (Wildman–Crippen LogP) is 2.89. The molecule has 0 spiro atoms. The maximum atomic E-state index is 13.6. The molecule has 1 aromatic heterocycles. The van der Waals surface area contributed by atoms with Crippen LogP contribution in [0.2, 0.25) is 5.02 Å². The van der Waals surface area contributed by atoms with Crippen molar-refractivity contribution < 1.29 is 9.18 Å². The monoisotopic (exact) mass is 302 g/mol. The maximum Gasteiger partial charge on any atom is 0.251 e. The highest BCUT2D eigenvalue weighted by atomic mass is 79.9. The van der Waals surface area contributed by atoms with Gasteiger partial charge in [-0.2, -0.15) is 0 Å². The Morgan fingerprint density at radius 1 is 1.50 bits per heavy atom. The lowest BCUT2D eigenvalue weighted by Crippen LogP contribution is -2.12. The van der Waals surface area contributed by atoms with E-state index in [0.29, 0.717) is 5.39 Å². The average Bonchev–Trinajstić information content (AvgIpc) is 2.23. The third kappa shape index (κ3) is 1.66. The minimum atomic E-state index is -0.692. The molecule has 3 nitrogen and oxygen atoms in total. The molecular weight excluding hydrogens is 298 g/mol. The molecule has 0 atom stereocenters. The van der Waals surface area contributed by atoms with Crippen LogP contribution in [0.5, 0.6) is 0 Å². The topological polar surface area (TPSA) is 56.0 Å².